The Morgan fingerprint density at radius 1 is 1.29 bits per heavy atom. The Bertz CT molecular complexity index is 304. The molecule has 1 heterocycles. The van der Waals surface area contributed by atoms with E-state index in [4.69, 9.17) is 5.73 Å². The van der Waals surface area contributed by atoms with Crippen LogP contribution in [0.5, 0.6) is 0 Å². The first kappa shape index (κ1) is 20.6. The summed E-state index contributed by atoms with van der Waals surface area (Å²) < 4.78 is 0. The molecule has 0 aromatic rings. The zero-order valence-electron chi connectivity index (χ0n) is 14.1. The van der Waals surface area contributed by atoms with Crippen LogP contribution in [-0.2, 0) is 4.79 Å². The quantitative estimate of drug-likeness (QED) is 0.761. The molecule has 0 saturated carbocycles. The molecule has 1 atom stereocenters. The van der Waals surface area contributed by atoms with E-state index in [2.05, 4.69) is 23.8 Å². The van der Waals surface area contributed by atoms with Crippen molar-refractivity contribution in [3.05, 3.63) is 0 Å². The number of hydrogen-bond donors (Lipinski definition) is 1. The molecule has 21 heavy (non-hydrogen) atoms. The second kappa shape index (κ2) is 9.62. The van der Waals surface area contributed by atoms with E-state index in [1.807, 2.05) is 14.0 Å². The third kappa shape index (κ3) is 6.96. The summed E-state index contributed by atoms with van der Waals surface area (Å²) in [5.41, 5.74) is 5.38. The first-order valence-corrected chi connectivity index (χ1v) is 7.82. The summed E-state index contributed by atoms with van der Waals surface area (Å²) in [7, 11) is 4.03. The van der Waals surface area contributed by atoms with Crippen LogP contribution >= 0.6 is 12.4 Å². The number of halogens is 1. The Kier molecular flexibility index (Phi) is 9.45. The first-order chi connectivity index (χ1) is 9.36. The predicted octanol–water partition coefficient (Wildman–Crippen LogP) is 1.02. The van der Waals surface area contributed by atoms with E-state index in [9.17, 15) is 4.79 Å². The molecule has 0 spiro atoms. The zero-order chi connectivity index (χ0) is 15.2. The Hall–Kier alpha value is -0.360. The van der Waals surface area contributed by atoms with Crippen molar-refractivity contribution in [2.45, 2.75) is 38.6 Å². The molecule has 1 amide bonds. The topological polar surface area (TPSA) is 52.8 Å². The molecular weight excluding hydrogens is 288 g/mol. The van der Waals surface area contributed by atoms with E-state index in [0.717, 1.165) is 58.5 Å². The summed E-state index contributed by atoms with van der Waals surface area (Å²) in [4.78, 5) is 18.9. The molecule has 0 radical (unpaired) electrons. The number of piperazine rings is 1. The average molecular weight is 321 g/mol. The fourth-order valence-corrected chi connectivity index (χ4v) is 2.77. The molecule has 1 aliphatic heterocycles. The molecule has 1 saturated heterocycles. The summed E-state index contributed by atoms with van der Waals surface area (Å²) in [5.74, 6) is 0.0673. The van der Waals surface area contributed by atoms with Gasteiger partial charge in [0.15, 0.2) is 0 Å². The molecule has 0 bridgehead atoms. The molecule has 6 heteroatoms. The van der Waals surface area contributed by atoms with Crippen molar-refractivity contribution in [2.75, 3.05) is 53.4 Å². The lowest BCUT2D eigenvalue weighted by Crippen LogP contribution is -2.52. The Morgan fingerprint density at radius 3 is 2.38 bits per heavy atom. The van der Waals surface area contributed by atoms with Gasteiger partial charge in [0.25, 0.3) is 0 Å². The maximum atomic E-state index is 12.3. The Morgan fingerprint density at radius 2 is 1.86 bits per heavy atom. The van der Waals surface area contributed by atoms with Crippen LogP contribution in [0.25, 0.3) is 0 Å². The van der Waals surface area contributed by atoms with Gasteiger partial charge in [-0.15, -0.1) is 12.4 Å². The molecule has 1 aliphatic rings. The van der Waals surface area contributed by atoms with E-state index < -0.39 is 5.54 Å². The number of nitrogens with zero attached hydrogens (tertiary/aromatic N) is 3. The van der Waals surface area contributed by atoms with Crippen molar-refractivity contribution in [1.82, 2.24) is 14.7 Å². The summed E-state index contributed by atoms with van der Waals surface area (Å²) in [6.07, 6.45) is 2.71. The molecule has 5 nitrogen and oxygen atoms in total. The number of rotatable bonds is 7. The second-order valence-corrected chi connectivity index (χ2v) is 6.39. The highest BCUT2D eigenvalue weighted by Crippen LogP contribution is 2.12. The van der Waals surface area contributed by atoms with Crippen LogP contribution in [0, 0.1) is 0 Å². The molecule has 0 aromatic heterocycles. The minimum absolute atomic E-state index is 0. The third-order valence-electron chi connectivity index (χ3n) is 4.17. The number of nitrogens with two attached hydrogens (primary N) is 1. The van der Waals surface area contributed by atoms with Gasteiger partial charge in [-0.2, -0.15) is 0 Å². The van der Waals surface area contributed by atoms with Crippen molar-refractivity contribution < 1.29 is 4.79 Å². The normalized spacial score (nSPS) is 19.7. The molecule has 2 N–H and O–H groups in total. The minimum atomic E-state index is -0.711. The van der Waals surface area contributed by atoms with Gasteiger partial charge < -0.3 is 20.4 Å². The smallest absolute Gasteiger partial charge is 0.242 e. The third-order valence-corrected chi connectivity index (χ3v) is 4.17. The number of amides is 1. The lowest BCUT2D eigenvalue weighted by Gasteiger charge is -2.33. The largest absolute Gasteiger partial charge is 0.344 e. The SMILES string of the molecule is CCCC(C)(N)C(=O)N(C)CCCN1CCN(C)CC1.Cl. The van der Waals surface area contributed by atoms with E-state index in [1.165, 1.54) is 0 Å². The van der Waals surface area contributed by atoms with Crippen molar-refractivity contribution in [3.8, 4) is 0 Å². The lowest BCUT2D eigenvalue weighted by atomic mass is 9.96. The Labute approximate surface area is 136 Å². The van der Waals surface area contributed by atoms with Crippen molar-refractivity contribution >= 4 is 18.3 Å². The van der Waals surface area contributed by atoms with Crippen LogP contribution in [0.15, 0.2) is 0 Å². The summed E-state index contributed by atoms with van der Waals surface area (Å²) in [6, 6.07) is 0. The highest BCUT2D eigenvalue weighted by molar-refractivity contribution is 5.85. The molecule has 126 valence electrons. The number of likely N-dealkylation sites (N-methyl/N-ethyl adjacent to an activating group) is 2. The minimum Gasteiger partial charge on any atom is -0.344 e. The van der Waals surface area contributed by atoms with Crippen LogP contribution < -0.4 is 5.73 Å². The Balaban J connectivity index is 0.00000400. The van der Waals surface area contributed by atoms with E-state index >= 15 is 0 Å². The fraction of sp³-hybridized carbons (Fsp3) is 0.933. The van der Waals surface area contributed by atoms with Crippen LogP contribution in [0.2, 0.25) is 0 Å². The van der Waals surface area contributed by atoms with Gasteiger partial charge in [0.2, 0.25) is 5.91 Å². The van der Waals surface area contributed by atoms with Gasteiger partial charge in [-0.05, 0) is 33.4 Å². The van der Waals surface area contributed by atoms with Gasteiger partial charge in [-0.3, -0.25) is 4.79 Å². The number of carbonyl (C=O) groups is 1. The maximum Gasteiger partial charge on any atom is 0.242 e. The zero-order valence-corrected chi connectivity index (χ0v) is 14.9. The molecule has 1 unspecified atom stereocenters. The van der Waals surface area contributed by atoms with Crippen molar-refractivity contribution in [3.63, 3.8) is 0 Å². The van der Waals surface area contributed by atoms with Gasteiger partial charge >= 0.3 is 0 Å². The molecule has 1 fully saturated rings. The lowest BCUT2D eigenvalue weighted by molar-refractivity contribution is -0.135. The number of carbonyl (C=O) groups excluding carboxylic acids is 1. The average Bonchev–Trinajstić information content (AvgIpc) is 2.40. The highest BCUT2D eigenvalue weighted by atomic mass is 35.5. The maximum absolute atomic E-state index is 12.3. The first-order valence-electron chi connectivity index (χ1n) is 7.82. The van der Waals surface area contributed by atoms with E-state index in [-0.39, 0.29) is 18.3 Å². The van der Waals surface area contributed by atoms with Crippen LogP contribution in [0.4, 0.5) is 0 Å². The van der Waals surface area contributed by atoms with Gasteiger partial charge in [-0.1, -0.05) is 13.3 Å². The van der Waals surface area contributed by atoms with Crippen LogP contribution in [0.1, 0.15) is 33.1 Å². The highest BCUT2D eigenvalue weighted by Gasteiger charge is 2.29. The van der Waals surface area contributed by atoms with Gasteiger partial charge in [0.1, 0.15) is 0 Å². The summed E-state index contributed by atoms with van der Waals surface area (Å²) in [6.45, 7) is 10.3. The van der Waals surface area contributed by atoms with Gasteiger partial charge in [-0.25, -0.2) is 0 Å². The summed E-state index contributed by atoms with van der Waals surface area (Å²) in [5, 5.41) is 0. The van der Waals surface area contributed by atoms with Gasteiger partial charge in [0, 0.05) is 39.8 Å². The monoisotopic (exact) mass is 320 g/mol. The van der Waals surface area contributed by atoms with E-state index in [1.54, 1.807) is 4.90 Å². The van der Waals surface area contributed by atoms with Crippen molar-refractivity contribution in [1.29, 1.82) is 0 Å². The van der Waals surface area contributed by atoms with E-state index in [0.29, 0.717) is 0 Å². The predicted molar refractivity (Wildman–Crippen MR) is 90.9 cm³/mol. The van der Waals surface area contributed by atoms with Crippen molar-refractivity contribution in [2.24, 2.45) is 5.73 Å². The second-order valence-electron chi connectivity index (χ2n) is 6.39. The fourth-order valence-electron chi connectivity index (χ4n) is 2.77. The molecular formula is C15H33ClN4O. The molecule has 1 rings (SSSR count). The number of hydrogen-bond acceptors (Lipinski definition) is 4. The van der Waals surface area contributed by atoms with Crippen LogP contribution in [0.3, 0.4) is 0 Å². The van der Waals surface area contributed by atoms with Gasteiger partial charge in [0.05, 0.1) is 5.54 Å². The standard InChI is InChI=1S/C15H32N4O.ClH/c1-5-7-15(2,16)14(20)18(4)8-6-9-19-12-10-17(3)11-13-19;/h5-13,16H2,1-4H3;1H. The summed E-state index contributed by atoms with van der Waals surface area (Å²) >= 11 is 0. The molecule has 0 aliphatic carbocycles. The molecule has 0 aromatic carbocycles. The van der Waals surface area contributed by atoms with Crippen LogP contribution in [-0.4, -0.2) is 79.5 Å².